The fourth-order valence-electron chi connectivity index (χ4n) is 5.16. The molecule has 2 aromatic rings. The molecule has 10 heteroatoms. The summed E-state index contributed by atoms with van der Waals surface area (Å²) in [6.45, 7) is 15.6. The van der Waals surface area contributed by atoms with Gasteiger partial charge in [0.25, 0.3) is 5.60 Å². The Morgan fingerprint density at radius 1 is 0.775 bits per heavy atom. The standard InChI is InChI=1S/C30H37BF6O3/c1-9-27(10-2,23-13-14-24(20(4)18-23)31-39-25(5,6)26(7,8)40-31)22-12-11-21(19(3)17-22)15-16-28(38,29(32,33)34)30(35,36)37/h11-18,38H,9-10H2,1-8H3. The van der Waals surface area contributed by atoms with Crippen molar-refractivity contribution in [3.05, 3.63) is 70.3 Å². The van der Waals surface area contributed by atoms with Crippen molar-refractivity contribution in [3.8, 4) is 0 Å². The van der Waals surface area contributed by atoms with Crippen LogP contribution in [0, 0.1) is 13.8 Å². The summed E-state index contributed by atoms with van der Waals surface area (Å²) in [6, 6.07) is 11.1. The highest BCUT2D eigenvalue weighted by Gasteiger charge is 2.69. The van der Waals surface area contributed by atoms with Gasteiger partial charge in [-0.3, -0.25) is 0 Å². The Morgan fingerprint density at radius 2 is 1.23 bits per heavy atom. The fraction of sp³-hybridized carbons (Fsp3) is 0.533. The molecular formula is C30H37BF6O3. The van der Waals surface area contributed by atoms with Gasteiger partial charge in [-0.25, -0.2) is 0 Å². The summed E-state index contributed by atoms with van der Waals surface area (Å²) in [4.78, 5) is 0. The zero-order chi connectivity index (χ0) is 30.5. The first-order valence-corrected chi connectivity index (χ1v) is 13.3. The van der Waals surface area contributed by atoms with Crippen LogP contribution in [0.1, 0.15) is 82.2 Å². The van der Waals surface area contributed by atoms with Crippen molar-refractivity contribution >= 4 is 18.7 Å². The van der Waals surface area contributed by atoms with Crippen molar-refractivity contribution in [2.75, 3.05) is 0 Å². The molecular weight excluding hydrogens is 533 g/mol. The molecule has 0 saturated carbocycles. The third-order valence-electron chi connectivity index (χ3n) is 8.73. The van der Waals surface area contributed by atoms with Crippen molar-refractivity contribution < 1.29 is 40.8 Å². The van der Waals surface area contributed by atoms with E-state index in [0.717, 1.165) is 22.2 Å². The Bertz CT molecular complexity index is 1230. The number of halogens is 6. The average molecular weight is 570 g/mol. The highest BCUT2D eigenvalue weighted by Crippen LogP contribution is 2.45. The molecule has 1 aliphatic heterocycles. The van der Waals surface area contributed by atoms with Crippen LogP contribution in [0.3, 0.4) is 0 Å². The summed E-state index contributed by atoms with van der Waals surface area (Å²) < 4.78 is 91.1. The summed E-state index contributed by atoms with van der Waals surface area (Å²) >= 11 is 0. The number of aliphatic hydroxyl groups is 1. The molecule has 0 atom stereocenters. The van der Waals surface area contributed by atoms with E-state index >= 15 is 0 Å². The van der Waals surface area contributed by atoms with E-state index in [1.807, 2.05) is 60.6 Å². The topological polar surface area (TPSA) is 38.7 Å². The Labute approximate surface area is 232 Å². The van der Waals surface area contributed by atoms with Crippen LogP contribution in [-0.2, 0) is 14.7 Å². The van der Waals surface area contributed by atoms with E-state index in [-0.39, 0.29) is 11.6 Å². The van der Waals surface area contributed by atoms with Crippen molar-refractivity contribution in [2.24, 2.45) is 0 Å². The Kier molecular flexibility index (Phi) is 8.47. The van der Waals surface area contributed by atoms with Gasteiger partial charge in [-0.05, 0) is 88.2 Å². The molecule has 0 aliphatic carbocycles. The average Bonchev–Trinajstić information content (AvgIpc) is 3.04. The molecule has 2 aromatic carbocycles. The Morgan fingerprint density at radius 3 is 1.62 bits per heavy atom. The number of rotatable bonds is 7. The van der Waals surface area contributed by atoms with Gasteiger partial charge in [0.2, 0.25) is 0 Å². The zero-order valence-electron chi connectivity index (χ0n) is 24.1. The van der Waals surface area contributed by atoms with Crippen molar-refractivity contribution in [3.63, 3.8) is 0 Å². The maximum absolute atomic E-state index is 13.1. The molecule has 0 spiro atoms. The lowest BCUT2D eigenvalue weighted by Crippen LogP contribution is -2.55. The van der Waals surface area contributed by atoms with Gasteiger partial charge in [-0.2, -0.15) is 26.3 Å². The molecule has 0 amide bonds. The molecule has 40 heavy (non-hydrogen) atoms. The first-order chi connectivity index (χ1) is 18.2. The first-order valence-electron chi connectivity index (χ1n) is 13.3. The first kappa shape index (κ1) is 32.2. The molecule has 0 unspecified atom stereocenters. The minimum absolute atomic E-state index is 0.143. The summed E-state index contributed by atoms with van der Waals surface area (Å²) in [6.07, 6.45) is -9.99. The molecule has 1 aliphatic rings. The maximum atomic E-state index is 13.1. The number of aryl methyl sites for hydroxylation is 2. The SMILES string of the molecule is CCC(CC)(c1ccc(C=CC(O)(C(F)(F)F)C(F)(F)F)c(C)c1)c1ccc(B2OC(C)(C)C(C)(C)O2)c(C)c1. The molecule has 3 rings (SSSR count). The van der Waals surface area contributed by atoms with Crippen LogP contribution < -0.4 is 5.46 Å². The largest absolute Gasteiger partial charge is 0.495 e. The second-order valence-corrected chi connectivity index (χ2v) is 11.6. The molecule has 0 radical (unpaired) electrons. The van der Waals surface area contributed by atoms with Gasteiger partial charge < -0.3 is 14.4 Å². The minimum Gasteiger partial charge on any atom is -0.399 e. The molecule has 220 valence electrons. The second-order valence-electron chi connectivity index (χ2n) is 11.6. The van der Waals surface area contributed by atoms with E-state index in [9.17, 15) is 31.4 Å². The number of alkyl halides is 6. The Hall–Kier alpha value is -2.30. The summed E-state index contributed by atoms with van der Waals surface area (Å²) in [5.74, 6) is 0. The third kappa shape index (κ3) is 5.47. The van der Waals surface area contributed by atoms with E-state index < -0.39 is 41.7 Å². The van der Waals surface area contributed by atoms with Crippen LogP contribution in [0.4, 0.5) is 26.3 Å². The summed E-state index contributed by atoms with van der Waals surface area (Å²) in [5.41, 5.74) is -1.92. The number of hydrogen-bond acceptors (Lipinski definition) is 3. The van der Waals surface area contributed by atoms with Crippen LogP contribution in [0.2, 0.25) is 0 Å². The normalized spacial score (nSPS) is 18.1. The van der Waals surface area contributed by atoms with Gasteiger partial charge in [-0.15, -0.1) is 0 Å². The highest BCUT2D eigenvalue weighted by atomic mass is 19.4. The third-order valence-corrected chi connectivity index (χ3v) is 8.73. The van der Waals surface area contributed by atoms with Gasteiger partial charge in [-0.1, -0.05) is 61.9 Å². The van der Waals surface area contributed by atoms with Gasteiger partial charge in [0.15, 0.2) is 0 Å². The maximum Gasteiger partial charge on any atom is 0.495 e. The predicted molar refractivity (Wildman–Crippen MR) is 146 cm³/mol. The smallest absolute Gasteiger partial charge is 0.399 e. The molecule has 1 N–H and O–H groups in total. The van der Waals surface area contributed by atoms with Gasteiger partial charge in [0.1, 0.15) is 0 Å². The van der Waals surface area contributed by atoms with E-state index in [0.29, 0.717) is 24.5 Å². The highest BCUT2D eigenvalue weighted by molar-refractivity contribution is 6.62. The van der Waals surface area contributed by atoms with E-state index in [1.54, 1.807) is 19.1 Å². The van der Waals surface area contributed by atoms with Crippen molar-refractivity contribution in [1.29, 1.82) is 0 Å². The van der Waals surface area contributed by atoms with Crippen LogP contribution in [0.15, 0.2) is 42.5 Å². The fourth-order valence-corrected chi connectivity index (χ4v) is 5.16. The minimum atomic E-state index is -5.92. The van der Waals surface area contributed by atoms with Gasteiger partial charge in [0.05, 0.1) is 11.2 Å². The summed E-state index contributed by atoms with van der Waals surface area (Å²) in [5, 5.41) is 9.47. The van der Waals surface area contributed by atoms with Gasteiger partial charge >= 0.3 is 19.5 Å². The molecule has 1 heterocycles. The van der Waals surface area contributed by atoms with Crippen LogP contribution in [-0.4, -0.2) is 41.4 Å². The van der Waals surface area contributed by atoms with Gasteiger partial charge in [0, 0.05) is 5.41 Å². The van der Waals surface area contributed by atoms with E-state index in [2.05, 4.69) is 6.07 Å². The molecule has 0 bridgehead atoms. The molecule has 3 nitrogen and oxygen atoms in total. The van der Waals surface area contributed by atoms with E-state index in [4.69, 9.17) is 9.31 Å². The number of benzene rings is 2. The summed E-state index contributed by atoms with van der Waals surface area (Å²) in [7, 11) is -0.517. The molecule has 1 saturated heterocycles. The van der Waals surface area contributed by atoms with Crippen LogP contribution in [0.5, 0.6) is 0 Å². The van der Waals surface area contributed by atoms with Crippen molar-refractivity contribution in [1.82, 2.24) is 0 Å². The second kappa shape index (κ2) is 10.5. The quantitative estimate of drug-likeness (QED) is 0.276. The zero-order valence-corrected chi connectivity index (χ0v) is 24.1. The lowest BCUT2D eigenvalue weighted by atomic mass is 9.68. The molecule has 0 aromatic heterocycles. The number of hydrogen-bond donors (Lipinski definition) is 1. The predicted octanol–water partition coefficient (Wildman–Crippen LogP) is 7.58. The lowest BCUT2D eigenvalue weighted by Gasteiger charge is -2.34. The van der Waals surface area contributed by atoms with Crippen molar-refractivity contribution in [2.45, 2.75) is 103 Å². The molecule has 1 fully saturated rings. The van der Waals surface area contributed by atoms with Crippen LogP contribution in [0.25, 0.3) is 6.08 Å². The monoisotopic (exact) mass is 570 g/mol. The Balaban J connectivity index is 2.00. The van der Waals surface area contributed by atoms with E-state index in [1.165, 1.54) is 6.07 Å². The van der Waals surface area contributed by atoms with Crippen LogP contribution >= 0.6 is 0 Å². The lowest BCUT2D eigenvalue weighted by molar-refractivity contribution is -0.347.